The molecule has 0 fully saturated rings. The molecule has 0 unspecified atom stereocenters. The van der Waals surface area contributed by atoms with Crippen molar-refractivity contribution in [1.29, 1.82) is 0 Å². The summed E-state index contributed by atoms with van der Waals surface area (Å²) in [5.74, 6) is 0.484. The first-order valence-corrected chi connectivity index (χ1v) is 8.34. The van der Waals surface area contributed by atoms with E-state index < -0.39 is 5.91 Å². The molecule has 0 aromatic heterocycles. The van der Waals surface area contributed by atoms with Gasteiger partial charge in [-0.15, -0.1) is 0 Å². The van der Waals surface area contributed by atoms with Gasteiger partial charge in [0.2, 0.25) is 0 Å². The first-order valence-electron chi connectivity index (χ1n) is 8.34. The second kappa shape index (κ2) is 9.38. The van der Waals surface area contributed by atoms with Gasteiger partial charge in [0.25, 0.3) is 11.8 Å². The second-order valence-corrected chi connectivity index (χ2v) is 5.88. The molecule has 0 bridgehead atoms. The molecule has 0 aliphatic carbocycles. The Morgan fingerprint density at radius 3 is 2.48 bits per heavy atom. The van der Waals surface area contributed by atoms with Crippen LogP contribution >= 0.6 is 0 Å². The van der Waals surface area contributed by atoms with Crippen LogP contribution in [0.1, 0.15) is 27.0 Å². The average Bonchev–Trinajstić information content (AvgIpc) is 2.68. The predicted octanol–water partition coefficient (Wildman–Crippen LogP) is 2.20. The summed E-state index contributed by atoms with van der Waals surface area (Å²) in [5, 5.41) is 6.46. The zero-order valence-corrected chi connectivity index (χ0v) is 15.8. The number of methoxy groups -OCH3 is 2. The van der Waals surface area contributed by atoms with Gasteiger partial charge in [-0.1, -0.05) is 6.07 Å². The Morgan fingerprint density at radius 2 is 1.81 bits per heavy atom. The van der Waals surface area contributed by atoms with Gasteiger partial charge in [0.15, 0.2) is 0 Å². The van der Waals surface area contributed by atoms with Crippen molar-refractivity contribution < 1.29 is 19.1 Å². The van der Waals surface area contributed by atoms with Crippen molar-refractivity contribution in [3.05, 3.63) is 58.7 Å². The second-order valence-electron chi connectivity index (χ2n) is 5.88. The summed E-state index contributed by atoms with van der Waals surface area (Å²) in [7, 11) is 3.10. The number of hydrogen-bond acceptors (Lipinski definition) is 5. The smallest absolute Gasteiger partial charge is 0.259 e. The van der Waals surface area contributed by atoms with E-state index in [0.717, 1.165) is 11.1 Å². The van der Waals surface area contributed by atoms with Gasteiger partial charge in [-0.3, -0.25) is 9.59 Å². The number of benzene rings is 2. The average molecular weight is 369 g/mol. The van der Waals surface area contributed by atoms with E-state index in [1.54, 1.807) is 44.6 Å². The molecular weight excluding hydrogens is 346 g/mol. The third-order valence-corrected chi connectivity index (χ3v) is 4.01. The molecule has 0 spiro atoms. The molecule has 7 nitrogen and oxygen atoms in total. The Labute approximate surface area is 158 Å². The Hall–Kier alpha value is -3.35. The lowest BCUT2D eigenvalue weighted by Crippen LogP contribution is -2.34. The molecule has 2 amide bonds. The molecule has 0 heterocycles. The molecule has 2 aromatic carbocycles. The number of rotatable bonds is 7. The minimum atomic E-state index is -0.440. The van der Waals surface area contributed by atoms with Crippen LogP contribution in [0.3, 0.4) is 0 Å². The van der Waals surface area contributed by atoms with E-state index in [-0.39, 0.29) is 12.5 Å². The van der Waals surface area contributed by atoms with E-state index in [0.29, 0.717) is 22.6 Å². The van der Waals surface area contributed by atoms with Crippen LogP contribution in [-0.4, -0.2) is 38.8 Å². The van der Waals surface area contributed by atoms with E-state index in [2.05, 4.69) is 15.8 Å². The molecule has 2 rings (SSSR count). The molecule has 0 radical (unpaired) electrons. The van der Waals surface area contributed by atoms with Crippen LogP contribution in [0.15, 0.2) is 41.5 Å². The van der Waals surface area contributed by atoms with Crippen LogP contribution in [0.4, 0.5) is 0 Å². The lowest BCUT2D eigenvalue weighted by atomic mass is 10.1. The van der Waals surface area contributed by atoms with Crippen molar-refractivity contribution in [3.8, 4) is 11.5 Å². The van der Waals surface area contributed by atoms with Crippen molar-refractivity contribution in [1.82, 2.24) is 10.7 Å². The minimum absolute atomic E-state index is 0.182. The number of hydrazone groups is 1. The Kier molecular flexibility index (Phi) is 6.93. The summed E-state index contributed by atoms with van der Waals surface area (Å²) in [6, 6.07) is 10.6. The normalized spacial score (nSPS) is 10.5. The van der Waals surface area contributed by atoms with Crippen LogP contribution in [-0.2, 0) is 4.79 Å². The van der Waals surface area contributed by atoms with E-state index >= 15 is 0 Å². The minimum Gasteiger partial charge on any atom is -0.497 e. The van der Waals surface area contributed by atoms with E-state index in [4.69, 9.17) is 9.47 Å². The van der Waals surface area contributed by atoms with Gasteiger partial charge in [0, 0.05) is 11.1 Å². The Morgan fingerprint density at radius 1 is 1.04 bits per heavy atom. The molecule has 0 atom stereocenters. The molecule has 0 aliphatic heterocycles. The zero-order valence-electron chi connectivity index (χ0n) is 15.8. The number of hydrogen-bond donors (Lipinski definition) is 2. The number of amides is 2. The summed E-state index contributed by atoms with van der Waals surface area (Å²) in [6.45, 7) is 3.72. The Balaban J connectivity index is 1.90. The fourth-order valence-corrected chi connectivity index (χ4v) is 2.30. The maximum absolute atomic E-state index is 12.1. The maximum atomic E-state index is 12.1. The number of carbonyl (C=O) groups is 2. The van der Waals surface area contributed by atoms with Crippen LogP contribution in [0, 0.1) is 13.8 Å². The largest absolute Gasteiger partial charge is 0.497 e. The van der Waals surface area contributed by atoms with Gasteiger partial charge in [-0.05, 0) is 55.3 Å². The van der Waals surface area contributed by atoms with Gasteiger partial charge in [0.05, 0.1) is 27.0 Å². The third-order valence-electron chi connectivity index (χ3n) is 4.01. The van der Waals surface area contributed by atoms with Crippen molar-refractivity contribution >= 4 is 18.0 Å². The molecule has 2 aromatic rings. The van der Waals surface area contributed by atoms with E-state index in [1.807, 2.05) is 19.9 Å². The maximum Gasteiger partial charge on any atom is 0.259 e. The zero-order chi connectivity index (χ0) is 19.8. The van der Waals surface area contributed by atoms with Gasteiger partial charge in [-0.2, -0.15) is 5.10 Å². The number of carbonyl (C=O) groups excluding carboxylic acids is 2. The molecular formula is C20H23N3O4. The van der Waals surface area contributed by atoms with Gasteiger partial charge < -0.3 is 14.8 Å². The van der Waals surface area contributed by atoms with Crippen LogP contribution in [0.25, 0.3) is 0 Å². The van der Waals surface area contributed by atoms with Crippen molar-refractivity contribution in [2.24, 2.45) is 5.10 Å². The van der Waals surface area contributed by atoms with E-state index in [1.165, 1.54) is 6.21 Å². The van der Waals surface area contributed by atoms with Crippen molar-refractivity contribution in [2.75, 3.05) is 20.8 Å². The van der Waals surface area contributed by atoms with E-state index in [9.17, 15) is 9.59 Å². The quantitative estimate of drug-likeness (QED) is 0.578. The first-order chi connectivity index (χ1) is 12.9. The standard InChI is InChI=1S/C20H23N3O4/c1-13-5-6-15(9-14(13)2)20(25)21-12-19(24)23-22-11-16-10-17(26-3)7-8-18(16)27-4/h5-11H,12H2,1-4H3,(H,21,25)(H,23,24)/b22-11+. The lowest BCUT2D eigenvalue weighted by Gasteiger charge is -2.07. The highest BCUT2D eigenvalue weighted by Crippen LogP contribution is 2.22. The predicted molar refractivity (Wildman–Crippen MR) is 104 cm³/mol. The molecule has 0 saturated heterocycles. The van der Waals surface area contributed by atoms with Gasteiger partial charge in [-0.25, -0.2) is 5.43 Å². The van der Waals surface area contributed by atoms with Gasteiger partial charge in [0.1, 0.15) is 11.5 Å². The summed E-state index contributed by atoms with van der Waals surface area (Å²) < 4.78 is 10.4. The van der Waals surface area contributed by atoms with Crippen LogP contribution < -0.4 is 20.2 Å². The fraction of sp³-hybridized carbons (Fsp3) is 0.250. The van der Waals surface area contributed by atoms with Crippen LogP contribution in [0.2, 0.25) is 0 Å². The highest BCUT2D eigenvalue weighted by Gasteiger charge is 2.09. The summed E-state index contributed by atoms with van der Waals surface area (Å²) in [6.07, 6.45) is 1.45. The monoisotopic (exact) mass is 369 g/mol. The molecule has 2 N–H and O–H groups in total. The number of nitrogens with one attached hydrogen (secondary N) is 2. The summed E-state index contributed by atoms with van der Waals surface area (Å²) >= 11 is 0. The number of aryl methyl sites for hydroxylation is 2. The van der Waals surface area contributed by atoms with Crippen LogP contribution in [0.5, 0.6) is 11.5 Å². The summed E-state index contributed by atoms with van der Waals surface area (Å²) in [5.41, 5.74) is 5.65. The first kappa shape index (κ1) is 20.0. The SMILES string of the molecule is COc1ccc(OC)c(/C=N/NC(=O)CNC(=O)c2ccc(C)c(C)c2)c1. The molecule has 7 heteroatoms. The lowest BCUT2D eigenvalue weighted by molar-refractivity contribution is -0.120. The van der Waals surface area contributed by atoms with Gasteiger partial charge >= 0.3 is 0 Å². The van der Waals surface area contributed by atoms with Crippen molar-refractivity contribution in [2.45, 2.75) is 13.8 Å². The summed E-state index contributed by atoms with van der Waals surface area (Å²) in [4.78, 5) is 24.0. The fourth-order valence-electron chi connectivity index (χ4n) is 2.30. The topological polar surface area (TPSA) is 89.0 Å². The Bertz CT molecular complexity index is 862. The highest BCUT2D eigenvalue weighted by atomic mass is 16.5. The highest BCUT2D eigenvalue weighted by molar-refractivity contribution is 5.96. The van der Waals surface area contributed by atoms with Crippen molar-refractivity contribution in [3.63, 3.8) is 0 Å². The molecule has 27 heavy (non-hydrogen) atoms. The molecule has 0 aliphatic rings. The molecule has 142 valence electrons. The molecule has 0 saturated carbocycles. The third kappa shape index (κ3) is 5.57. The number of nitrogens with zero attached hydrogens (tertiary/aromatic N) is 1. The number of ether oxygens (including phenoxy) is 2.